The Morgan fingerprint density at radius 2 is 1.52 bits per heavy atom. The van der Waals surface area contributed by atoms with Crippen LogP contribution in [0, 0.1) is 23.7 Å². The van der Waals surface area contributed by atoms with Crippen molar-refractivity contribution in [2.45, 2.75) is 111 Å². The van der Waals surface area contributed by atoms with Crippen LogP contribution in [0.4, 0.5) is 4.79 Å². The molecule has 1 fully saturated rings. The van der Waals surface area contributed by atoms with Crippen LogP contribution in [0.15, 0.2) is 11.6 Å². The van der Waals surface area contributed by atoms with E-state index in [1.54, 1.807) is 0 Å². The minimum Gasteiger partial charge on any atom is -0.550 e. The Hall–Kier alpha value is 0.300. The molecule has 1 saturated heterocycles. The van der Waals surface area contributed by atoms with Gasteiger partial charge in [0.1, 0.15) is 0 Å². The van der Waals surface area contributed by atoms with Crippen molar-refractivity contribution in [2.24, 2.45) is 23.7 Å². The predicted molar refractivity (Wildman–Crippen MR) is 152 cm³/mol. The molecular formula is C30H52N2Na2O5S. The average molecular weight is 599 g/mol. The fraction of sp³-hybridized carbons (Fsp3) is 0.833. The summed E-state index contributed by atoms with van der Waals surface area (Å²) in [6, 6.07) is -1.68. The summed E-state index contributed by atoms with van der Waals surface area (Å²) < 4.78 is 0. The van der Waals surface area contributed by atoms with Gasteiger partial charge in [0.25, 0.3) is 0 Å². The number of carbonyl (C=O) groups is 3. The van der Waals surface area contributed by atoms with Crippen molar-refractivity contribution < 1.29 is 83.7 Å². The van der Waals surface area contributed by atoms with Gasteiger partial charge in [0.05, 0.1) is 12.0 Å². The van der Waals surface area contributed by atoms with Gasteiger partial charge in [-0.05, 0) is 50.4 Å². The Morgan fingerprint density at radius 3 is 2.08 bits per heavy atom. The second-order valence-electron chi connectivity index (χ2n) is 11.9. The Morgan fingerprint density at radius 1 is 0.950 bits per heavy atom. The van der Waals surface area contributed by atoms with E-state index in [2.05, 4.69) is 46.0 Å². The molecule has 0 radical (unpaired) electrons. The number of urea groups is 1. The van der Waals surface area contributed by atoms with Crippen molar-refractivity contribution in [1.82, 2.24) is 10.2 Å². The second kappa shape index (κ2) is 24.7. The van der Waals surface area contributed by atoms with E-state index in [9.17, 15) is 24.6 Å². The molecule has 4 atom stereocenters. The number of carbonyl (C=O) groups excluding carboxylic acids is 3. The second-order valence-corrected chi connectivity index (χ2v) is 12.9. The zero-order valence-electron chi connectivity index (χ0n) is 26.5. The minimum absolute atomic E-state index is 0. The molecule has 0 aliphatic carbocycles. The van der Waals surface area contributed by atoms with E-state index in [4.69, 9.17) is 0 Å². The number of carboxylic acid groups (broad SMARTS) is 2. The van der Waals surface area contributed by atoms with Crippen molar-refractivity contribution in [2.75, 3.05) is 24.6 Å². The van der Waals surface area contributed by atoms with Gasteiger partial charge in [-0.15, -0.1) is 0 Å². The van der Waals surface area contributed by atoms with Gasteiger partial charge < -0.3 is 30.0 Å². The minimum atomic E-state index is -1.33. The molecule has 0 aromatic rings. The normalized spacial score (nSPS) is 17.8. The molecule has 1 rings (SSSR count). The molecule has 1 aliphatic rings. The number of piperidine rings is 1. The number of hydrogen-bond acceptors (Lipinski definition) is 6. The molecule has 40 heavy (non-hydrogen) atoms. The van der Waals surface area contributed by atoms with E-state index < -0.39 is 29.9 Å². The number of allylic oxidation sites excluding steroid dienone is 1. The van der Waals surface area contributed by atoms with Gasteiger partial charge in [0, 0.05) is 36.5 Å². The molecule has 0 aromatic heterocycles. The van der Waals surface area contributed by atoms with E-state index in [-0.39, 0.29) is 71.4 Å². The molecule has 0 aromatic carbocycles. The van der Waals surface area contributed by atoms with E-state index in [1.165, 1.54) is 73.6 Å². The predicted octanol–water partition coefficient (Wildman–Crippen LogP) is -1.60. The van der Waals surface area contributed by atoms with E-state index in [0.29, 0.717) is 25.1 Å². The molecule has 3 unspecified atom stereocenters. The van der Waals surface area contributed by atoms with Crippen LogP contribution >= 0.6 is 11.8 Å². The quantitative estimate of drug-likeness (QED) is 0.109. The fourth-order valence-electron chi connectivity index (χ4n) is 4.96. The summed E-state index contributed by atoms with van der Waals surface area (Å²) in [5.41, 5.74) is 1.30. The number of likely N-dealkylation sites (tertiary alicyclic amines) is 1. The maximum atomic E-state index is 12.4. The molecule has 220 valence electrons. The summed E-state index contributed by atoms with van der Waals surface area (Å²) in [6.45, 7) is 11.9. The maximum absolute atomic E-state index is 12.4. The molecule has 0 saturated carbocycles. The van der Waals surface area contributed by atoms with Gasteiger partial charge in [-0.1, -0.05) is 84.3 Å². The van der Waals surface area contributed by atoms with Gasteiger partial charge in [0.15, 0.2) is 0 Å². The van der Waals surface area contributed by atoms with E-state index in [0.717, 1.165) is 24.2 Å². The first-order valence-electron chi connectivity index (χ1n) is 14.7. The summed E-state index contributed by atoms with van der Waals surface area (Å²) in [4.78, 5) is 36.4. The first kappa shape index (κ1) is 42.4. The Labute approximate surface area is 292 Å². The number of nitrogens with zero attached hydrogens (tertiary/aromatic N) is 1. The van der Waals surface area contributed by atoms with Crippen LogP contribution in [0.1, 0.15) is 105 Å². The summed E-state index contributed by atoms with van der Waals surface area (Å²) >= 11 is 1.44. The average Bonchev–Trinajstić information content (AvgIpc) is 2.85. The van der Waals surface area contributed by atoms with E-state index >= 15 is 0 Å². The fourth-order valence-corrected chi connectivity index (χ4v) is 5.95. The molecule has 7 nitrogen and oxygen atoms in total. The first-order chi connectivity index (χ1) is 18.0. The SMILES string of the molecule is C/C(=C\CSC[C@H](NC(=O)N1CCCC(C(=O)[O-])C1)C(=O)[O-])CCCC(C)CCCC(C)CCCC(C)C.[Na+].[Na+]. The van der Waals surface area contributed by atoms with Gasteiger partial charge in [-0.2, -0.15) is 11.8 Å². The molecule has 0 spiro atoms. The van der Waals surface area contributed by atoms with Crippen LogP contribution in [-0.2, 0) is 9.59 Å². The zero-order valence-corrected chi connectivity index (χ0v) is 31.3. The van der Waals surface area contributed by atoms with Gasteiger partial charge in [-0.3, -0.25) is 0 Å². The zero-order chi connectivity index (χ0) is 28.5. The Balaban J connectivity index is 0. The summed E-state index contributed by atoms with van der Waals surface area (Å²) in [5.74, 6) is 0.0327. The molecule has 1 N–H and O–H groups in total. The third-order valence-electron chi connectivity index (χ3n) is 7.60. The molecule has 1 heterocycles. The summed E-state index contributed by atoms with van der Waals surface area (Å²) in [7, 11) is 0. The van der Waals surface area contributed by atoms with Crippen molar-refractivity contribution >= 4 is 29.7 Å². The van der Waals surface area contributed by atoms with Gasteiger partial charge in [-0.25, -0.2) is 4.79 Å². The third kappa shape index (κ3) is 20.2. The van der Waals surface area contributed by atoms with E-state index in [1.807, 2.05) is 0 Å². The number of thioether (sulfide) groups is 1. The topological polar surface area (TPSA) is 113 Å². The maximum Gasteiger partial charge on any atom is 1.00 e. The number of rotatable bonds is 19. The van der Waals surface area contributed by atoms with Crippen molar-refractivity contribution in [3.63, 3.8) is 0 Å². The monoisotopic (exact) mass is 598 g/mol. The van der Waals surface area contributed by atoms with Crippen LogP contribution in [0.25, 0.3) is 0 Å². The van der Waals surface area contributed by atoms with Crippen LogP contribution in [0.3, 0.4) is 0 Å². The molecule has 0 bridgehead atoms. The number of nitrogens with one attached hydrogen (secondary N) is 1. The molecule has 10 heteroatoms. The molecule has 1 aliphatic heterocycles. The van der Waals surface area contributed by atoms with Crippen LogP contribution in [0.5, 0.6) is 0 Å². The van der Waals surface area contributed by atoms with Crippen molar-refractivity contribution in [3.05, 3.63) is 11.6 Å². The molecular weight excluding hydrogens is 546 g/mol. The van der Waals surface area contributed by atoms with Crippen LogP contribution in [-0.4, -0.2) is 53.5 Å². The van der Waals surface area contributed by atoms with Crippen molar-refractivity contribution in [3.8, 4) is 0 Å². The largest absolute Gasteiger partial charge is 1.00 e. The number of hydrogen-bond donors (Lipinski definition) is 1. The Kier molecular flexibility index (Phi) is 26.2. The standard InChI is InChI=1S/C30H54N2O5S.2Na/c1-22(2)10-6-11-23(3)12-7-13-24(4)14-8-15-25(5)17-19-38-21-27(29(35)36)31-30(37)32-18-9-16-26(20-32)28(33)34;;/h17,22-24,26-27H,6-16,18-21H2,1-5H3,(H,31,37)(H,33,34)(H,35,36);;/q;2*+1/p-2/b25-17+;;/t23?,24?,26?,27-;;/m0../s1. The van der Waals surface area contributed by atoms with Gasteiger partial charge >= 0.3 is 65.1 Å². The van der Waals surface area contributed by atoms with Gasteiger partial charge in [0.2, 0.25) is 0 Å². The number of carboxylic acids is 2. The van der Waals surface area contributed by atoms with Crippen molar-refractivity contribution in [1.29, 1.82) is 0 Å². The first-order valence-corrected chi connectivity index (χ1v) is 15.9. The third-order valence-corrected chi connectivity index (χ3v) is 8.57. The smallest absolute Gasteiger partial charge is 0.550 e. The number of amides is 2. The molecule has 2 amide bonds. The van der Waals surface area contributed by atoms with Crippen LogP contribution in [0.2, 0.25) is 0 Å². The Bertz CT molecular complexity index is 754. The van der Waals surface area contributed by atoms with Crippen LogP contribution < -0.4 is 74.6 Å². The number of aliphatic carboxylic acids is 2. The summed E-state index contributed by atoms with van der Waals surface area (Å²) in [6.07, 6.45) is 14.6. The summed E-state index contributed by atoms with van der Waals surface area (Å²) in [5, 5.41) is 25.1.